The van der Waals surface area contributed by atoms with Crippen LogP contribution in [0, 0.1) is 17.8 Å². The Balaban J connectivity index is 2.12. The van der Waals surface area contributed by atoms with E-state index in [4.69, 9.17) is 5.11 Å². The maximum Gasteiger partial charge on any atom is 0.0456 e. The smallest absolute Gasteiger partial charge is 0.0456 e. The third-order valence-corrected chi connectivity index (χ3v) is 4.57. The van der Waals surface area contributed by atoms with Crippen LogP contribution in [0.5, 0.6) is 0 Å². The minimum absolute atomic E-state index is 0.333. The van der Waals surface area contributed by atoms with Crippen molar-refractivity contribution < 1.29 is 5.11 Å². The van der Waals surface area contributed by atoms with Crippen LogP contribution in [-0.2, 0) is 0 Å². The number of hydrogen-bond donors (Lipinski definition) is 2. The zero-order valence-electron chi connectivity index (χ0n) is 12.6. The average Bonchev–Trinajstić information content (AvgIpc) is 2.59. The number of rotatable bonds is 7. The molecule has 1 saturated carbocycles. The van der Waals surface area contributed by atoms with Crippen molar-refractivity contribution in [3.05, 3.63) is 0 Å². The van der Waals surface area contributed by atoms with E-state index in [9.17, 15) is 0 Å². The summed E-state index contributed by atoms with van der Waals surface area (Å²) in [6, 6.07) is 0.748. The fourth-order valence-electron chi connectivity index (χ4n) is 3.05. The minimum atomic E-state index is 0.333. The van der Waals surface area contributed by atoms with Gasteiger partial charge in [0.1, 0.15) is 0 Å². The molecule has 108 valence electrons. The molecule has 0 aromatic carbocycles. The predicted molar refractivity (Wildman–Crippen MR) is 78.7 cm³/mol. The standard InChI is InChI=1S/C16H33NO/c1-13(2)15-7-4-8-16(10-9-15)17-11-5-6-14(3)12-18/h13-18H,4-12H2,1-3H3. The Morgan fingerprint density at radius 2 is 1.89 bits per heavy atom. The van der Waals surface area contributed by atoms with E-state index in [2.05, 4.69) is 26.1 Å². The first-order valence-corrected chi connectivity index (χ1v) is 7.97. The molecule has 0 amide bonds. The van der Waals surface area contributed by atoms with Crippen molar-refractivity contribution >= 4 is 0 Å². The lowest BCUT2D eigenvalue weighted by atomic mass is 9.89. The van der Waals surface area contributed by atoms with Gasteiger partial charge in [-0.1, -0.05) is 33.6 Å². The first-order chi connectivity index (χ1) is 8.63. The second kappa shape index (κ2) is 8.92. The van der Waals surface area contributed by atoms with Crippen molar-refractivity contribution in [3.8, 4) is 0 Å². The molecular formula is C16H33NO. The minimum Gasteiger partial charge on any atom is -0.396 e. The second-order valence-corrected chi connectivity index (χ2v) is 6.59. The molecule has 0 bridgehead atoms. The Morgan fingerprint density at radius 1 is 1.11 bits per heavy atom. The zero-order chi connectivity index (χ0) is 13.4. The van der Waals surface area contributed by atoms with Gasteiger partial charge >= 0.3 is 0 Å². The molecule has 0 aliphatic heterocycles. The van der Waals surface area contributed by atoms with Crippen LogP contribution < -0.4 is 5.32 Å². The van der Waals surface area contributed by atoms with Crippen molar-refractivity contribution in [1.29, 1.82) is 0 Å². The molecule has 0 heterocycles. The summed E-state index contributed by atoms with van der Waals surface area (Å²) in [5.41, 5.74) is 0. The van der Waals surface area contributed by atoms with Gasteiger partial charge in [-0.05, 0) is 56.4 Å². The van der Waals surface area contributed by atoms with Gasteiger partial charge in [-0.3, -0.25) is 0 Å². The summed E-state index contributed by atoms with van der Waals surface area (Å²) in [4.78, 5) is 0. The summed E-state index contributed by atoms with van der Waals surface area (Å²) in [6.07, 6.45) is 9.29. The first-order valence-electron chi connectivity index (χ1n) is 7.97. The van der Waals surface area contributed by atoms with Gasteiger partial charge < -0.3 is 10.4 Å². The van der Waals surface area contributed by atoms with Crippen LogP contribution in [-0.4, -0.2) is 24.3 Å². The van der Waals surface area contributed by atoms with Crippen molar-refractivity contribution in [2.45, 2.75) is 71.8 Å². The van der Waals surface area contributed by atoms with Crippen molar-refractivity contribution in [2.24, 2.45) is 17.8 Å². The lowest BCUT2D eigenvalue weighted by Gasteiger charge is -2.19. The summed E-state index contributed by atoms with van der Waals surface area (Å²) in [5.74, 6) is 2.27. The summed E-state index contributed by atoms with van der Waals surface area (Å²) < 4.78 is 0. The Hall–Kier alpha value is -0.0800. The largest absolute Gasteiger partial charge is 0.396 e. The van der Waals surface area contributed by atoms with Crippen molar-refractivity contribution in [2.75, 3.05) is 13.2 Å². The van der Waals surface area contributed by atoms with Crippen molar-refractivity contribution in [3.63, 3.8) is 0 Å². The Labute approximate surface area is 114 Å². The van der Waals surface area contributed by atoms with E-state index >= 15 is 0 Å². The van der Waals surface area contributed by atoms with E-state index in [1.165, 1.54) is 38.5 Å². The van der Waals surface area contributed by atoms with Gasteiger partial charge in [-0.15, -0.1) is 0 Å². The van der Waals surface area contributed by atoms with Crippen LogP contribution in [0.2, 0.25) is 0 Å². The SMILES string of the molecule is CC(CO)CCCNC1CCCC(C(C)C)CC1. The molecule has 2 nitrogen and oxygen atoms in total. The summed E-state index contributed by atoms with van der Waals surface area (Å²) in [6.45, 7) is 8.32. The summed E-state index contributed by atoms with van der Waals surface area (Å²) >= 11 is 0. The highest BCUT2D eigenvalue weighted by Crippen LogP contribution is 2.28. The molecule has 0 saturated heterocycles. The predicted octanol–water partition coefficient (Wildman–Crippen LogP) is 3.59. The number of nitrogens with one attached hydrogen (secondary N) is 1. The van der Waals surface area contributed by atoms with Gasteiger partial charge in [0, 0.05) is 12.6 Å². The van der Waals surface area contributed by atoms with E-state index in [0.29, 0.717) is 12.5 Å². The zero-order valence-corrected chi connectivity index (χ0v) is 12.6. The number of aliphatic hydroxyl groups is 1. The highest BCUT2D eigenvalue weighted by Gasteiger charge is 2.20. The molecule has 1 rings (SSSR count). The normalized spacial score (nSPS) is 27.2. The Kier molecular flexibility index (Phi) is 7.92. The summed E-state index contributed by atoms with van der Waals surface area (Å²) in [5, 5.41) is 12.7. The van der Waals surface area contributed by atoms with Gasteiger partial charge in [0.05, 0.1) is 0 Å². The van der Waals surface area contributed by atoms with Crippen LogP contribution in [0.15, 0.2) is 0 Å². The van der Waals surface area contributed by atoms with Crippen LogP contribution in [0.25, 0.3) is 0 Å². The van der Waals surface area contributed by atoms with Gasteiger partial charge in [-0.2, -0.15) is 0 Å². The number of hydrogen-bond acceptors (Lipinski definition) is 2. The van der Waals surface area contributed by atoms with E-state index in [1.54, 1.807) is 0 Å². The van der Waals surface area contributed by atoms with Gasteiger partial charge in [0.25, 0.3) is 0 Å². The lowest BCUT2D eigenvalue weighted by molar-refractivity contribution is 0.227. The molecule has 0 aromatic heterocycles. The molecule has 1 aliphatic carbocycles. The van der Waals surface area contributed by atoms with Gasteiger partial charge in [0.2, 0.25) is 0 Å². The maximum absolute atomic E-state index is 8.98. The quantitative estimate of drug-likeness (QED) is 0.538. The topological polar surface area (TPSA) is 32.3 Å². The highest BCUT2D eigenvalue weighted by atomic mass is 16.3. The van der Waals surface area contributed by atoms with Gasteiger partial charge in [0.15, 0.2) is 0 Å². The van der Waals surface area contributed by atoms with Crippen LogP contribution in [0.3, 0.4) is 0 Å². The Morgan fingerprint density at radius 3 is 2.56 bits per heavy atom. The van der Waals surface area contributed by atoms with E-state index in [-0.39, 0.29) is 0 Å². The third-order valence-electron chi connectivity index (χ3n) is 4.57. The molecule has 2 N–H and O–H groups in total. The summed E-state index contributed by atoms with van der Waals surface area (Å²) in [7, 11) is 0. The van der Waals surface area contributed by atoms with E-state index < -0.39 is 0 Å². The van der Waals surface area contributed by atoms with Crippen LogP contribution in [0.4, 0.5) is 0 Å². The molecule has 0 radical (unpaired) electrons. The second-order valence-electron chi connectivity index (χ2n) is 6.59. The molecule has 1 aliphatic rings. The van der Waals surface area contributed by atoms with E-state index in [0.717, 1.165) is 30.8 Å². The molecule has 2 heteroatoms. The maximum atomic E-state index is 8.98. The molecule has 3 atom stereocenters. The first kappa shape index (κ1) is 16.0. The highest BCUT2D eigenvalue weighted by molar-refractivity contribution is 4.76. The molecule has 0 aromatic rings. The number of aliphatic hydroxyl groups excluding tert-OH is 1. The monoisotopic (exact) mass is 255 g/mol. The van der Waals surface area contributed by atoms with Crippen molar-refractivity contribution in [1.82, 2.24) is 5.32 Å². The molecular weight excluding hydrogens is 222 g/mol. The molecule has 3 unspecified atom stereocenters. The fraction of sp³-hybridized carbons (Fsp3) is 1.00. The van der Waals surface area contributed by atoms with E-state index in [1.807, 2.05) is 0 Å². The molecule has 1 fully saturated rings. The van der Waals surface area contributed by atoms with Gasteiger partial charge in [-0.25, -0.2) is 0 Å². The van der Waals surface area contributed by atoms with Crippen LogP contribution in [0.1, 0.15) is 65.7 Å². The third kappa shape index (κ3) is 6.19. The average molecular weight is 255 g/mol. The fourth-order valence-corrected chi connectivity index (χ4v) is 3.05. The molecule has 18 heavy (non-hydrogen) atoms. The lowest BCUT2D eigenvalue weighted by Crippen LogP contribution is -2.29. The Bertz CT molecular complexity index is 205. The molecule has 0 spiro atoms. The van der Waals surface area contributed by atoms with Crippen LogP contribution >= 0.6 is 0 Å².